The minimum absolute atomic E-state index is 0.439. The van der Waals surface area contributed by atoms with Crippen LogP contribution >= 0.6 is 0 Å². The fourth-order valence-electron chi connectivity index (χ4n) is 1.13. The number of rotatable bonds is 2. The van der Waals surface area contributed by atoms with Crippen molar-refractivity contribution in [2.24, 2.45) is 5.11 Å². The van der Waals surface area contributed by atoms with E-state index < -0.39 is 0 Å². The monoisotopic (exact) mass is 199 g/mol. The van der Waals surface area contributed by atoms with Crippen molar-refractivity contribution < 1.29 is 0 Å². The van der Waals surface area contributed by atoms with E-state index in [1.165, 1.54) is 11.1 Å². The molecule has 3 heteroatoms. The van der Waals surface area contributed by atoms with Gasteiger partial charge in [-0.3, -0.25) is 0 Å². The van der Waals surface area contributed by atoms with Gasteiger partial charge in [-0.15, -0.1) is 0 Å². The lowest BCUT2D eigenvalue weighted by Gasteiger charge is -1.98. The van der Waals surface area contributed by atoms with Crippen LogP contribution in [0.3, 0.4) is 0 Å². The van der Waals surface area contributed by atoms with Gasteiger partial charge in [0.25, 0.3) is 0 Å². The van der Waals surface area contributed by atoms with Crippen LogP contribution in [-0.2, 0) is 0 Å². The molecule has 1 rings (SSSR count). The zero-order valence-corrected chi connectivity index (χ0v) is 8.99. The lowest BCUT2D eigenvalue weighted by molar-refractivity contribution is 1.01. The van der Waals surface area contributed by atoms with Gasteiger partial charge in [0.1, 0.15) is 0 Å². The van der Waals surface area contributed by atoms with Gasteiger partial charge in [-0.25, -0.2) is 0 Å². The van der Waals surface area contributed by atoms with E-state index in [2.05, 4.69) is 47.8 Å². The van der Waals surface area contributed by atoms with E-state index in [9.17, 15) is 0 Å². The summed E-state index contributed by atoms with van der Waals surface area (Å²) in [7, 11) is 0. The fourth-order valence-corrected chi connectivity index (χ4v) is 1.13. The number of hydrogen-bond acceptors (Lipinski definition) is 1. The zero-order valence-electron chi connectivity index (χ0n) is 8.99. The standard InChI is InChI=1S/C12H13N3/c1-10-6-7-12(9-11(10)2)5-3-4-8-14-15-13/h6-7,9H,4,8H2,1-2H3. The molecule has 76 valence electrons. The molecule has 0 aliphatic rings. The number of aryl methyl sites for hydroxylation is 2. The molecule has 15 heavy (non-hydrogen) atoms. The molecule has 0 saturated heterocycles. The van der Waals surface area contributed by atoms with Gasteiger partial charge < -0.3 is 0 Å². The van der Waals surface area contributed by atoms with Crippen LogP contribution in [0, 0.1) is 25.7 Å². The minimum atomic E-state index is 0.439. The Balaban J connectivity index is 2.64. The molecule has 1 aromatic carbocycles. The van der Waals surface area contributed by atoms with Crippen molar-refractivity contribution in [3.05, 3.63) is 45.3 Å². The molecule has 0 N–H and O–H groups in total. The molecule has 0 fully saturated rings. The van der Waals surface area contributed by atoms with Crippen LogP contribution in [0.4, 0.5) is 0 Å². The van der Waals surface area contributed by atoms with Gasteiger partial charge >= 0.3 is 0 Å². The first-order chi connectivity index (χ1) is 7.24. The summed E-state index contributed by atoms with van der Waals surface area (Å²) in [5.74, 6) is 6.01. The fraction of sp³-hybridized carbons (Fsp3) is 0.333. The molecule has 0 aliphatic heterocycles. The molecule has 0 aliphatic carbocycles. The lowest BCUT2D eigenvalue weighted by Crippen LogP contribution is -1.82. The van der Waals surface area contributed by atoms with Crippen LogP contribution in [0.15, 0.2) is 23.3 Å². The highest BCUT2D eigenvalue weighted by molar-refractivity contribution is 5.39. The largest absolute Gasteiger partial charge is 0.0978 e. The quantitative estimate of drug-likeness (QED) is 0.230. The van der Waals surface area contributed by atoms with Crippen LogP contribution in [0.2, 0.25) is 0 Å². The van der Waals surface area contributed by atoms with Crippen molar-refractivity contribution in [3.63, 3.8) is 0 Å². The Hall–Kier alpha value is -1.91. The number of benzene rings is 1. The molecule has 0 heterocycles. The Morgan fingerprint density at radius 3 is 2.80 bits per heavy atom. The molecular weight excluding hydrogens is 186 g/mol. The molecule has 0 amide bonds. The maximum Gasteiger partial charge on any atom is 0.0367 e. The van der Waals surface area contributed by atoms with Gasteiger partial charge in [-0.05, 0) is 42.6 Å². The summed E-state index contributed by atoms with van der Waals surface area (Å²) in [6.45, 7) is 4.59. The van der Waals surface area contributed by atoms with Crippen molar-refractivity contribution >= 4 is 0 Å². The second kappa shape index (κ2) is 5.74. The first-order valence-corrected chi connectivity index (χ1v) is 4.81. The summed E-state index contributed by atoms with van der Waals surface area (Å²) in [5, 5.41) is 3.41. The Morgan fingerprint density at radius 2 is 2.13 bits per heavy atom. The molecule has 0 bridgehead atoms. The Kier molecular flexibility index (Phi) is 4.28. The summed E-state index contributed by atoms with van der Waals surface area (Å²) in [6, 6.07) is 6.13. The molecule has 0 radical (unpaired) electrons. The summed E-state index contributed by atoms with van der Waals surface area (Å²) < 4.78 is 0. The van der Waals surface area contributed by atoms with Crippen LogP contribution in [0.5, 0.6) is 0 Å². The molecular formula is C12H13N3. The molecule has 3 nitrogen and oxygen atoms in total. The summed E-state index contributed by atoms with van der Waals surface area (Å²) in [4.78, 5) is 2.66. The first-order valence-electron chi connectivity index (χ1n) is 4.81. The summed E-state index contributed by atoms with van der Waals surface area (Å²) in [5.41, 5.74) is 11.6. The van der Waals surface area contributed by atoms with Crippen molar-refractivity contribution in [1.29, 1.82) is 0 Å². The Morgan fingerprint density at radius 1 is 1.33 bits per heavy atom. The van der Waals surface area contributed by atoms with Crippen LogP contribution in [-0.4, -0.2) is 6.54 Å². The SMILES string of the molecule is Cc1ccc(C#CCCN=[N+]=[N-])cc1C. The average Bonchev–Trinajstić information content (AvgIpc) is 2.23. The van der Waals surface area contributed by atoms with E-state index in [-0.39, 0.29) is 0 Å². The average molecular weight is 199 g/mol. The third-order valence-electron chi connectivity index (χ3n) is 2.14. The van der Waals surface area contributed by atoms with E-state index >= 15 is 0 Å². The van der Waals surface area contributed by atoms with E-state index in [1.54, 1.807) is 0 Å². The van der Waals surface area contributed by atoms with E-state index in [1.807, 2.05) is 6.07 Å². The molecule has 0 saturated carbocycles. The first kappa shape index (κ1) is 11.2. The van der Waals surface area contributed by atoms with Gasteiger partial charge in [0, 0.05) is 23.4 Å². The Bertz CT molecular complexity index is 446. The van der Waals surface area contributed by atoms with Crippen molar-refractivity contribution in [2.75, 3.05) is 6.54 Å². The maximum absolute atomic E-state index is 8.06. The molecule has 0 aromatic heterocycles. The third kappa shape index (κ3) is 3.76. The molecule has 0 atom stereocenters. The van der Waals surface area contributed by atoms with Crippen molar-refractivity contribution in [2.45, 2.75) is 20.3 Å². The second-order valence-electron chi connectivity index (χ2n) is 3.31. The maximum atomic E-state index is 8.06. The number of hydrogen-bond donors (Lipinski definition) is 0. The predicted molar refractivity (Wildman–Crippen MR) is 61.4 cm³/mol. The normalized spacial score (nSPS) is 8.67. The van der Waals surface area contributed by atoms with Crippen molar-refractivity contribution in [3.8, 4) is 11.8 Å². The van der Waals surface area contributed by atoms with Crippen molar-refractivity contribution in [1.82, 2.24) is 0 Å². The minimum Gasteiger partial charge on any atom is -0.0978 e. The molecule has 0 unspecified atom stereocenters. The predicted octanol–water partition coefficient (Wildman–Crippen LogP) is 3.36. The Labute approximate surface area is 89.8 Å². The van der Waals surface area contributed by atoms with E-state index in [0.29, 0.717) is 13.0 Å². The highest BCUT2D eigenvalue weighted by Gasteiger charge is 1.92. The van der Waals surface area contributed by atoms with Gasteiger partial charge in [0.2, 0.25) is 0 Å². The van der Waals surface area contributed by atoms with Crippen LogP contribution < -0.4 is 0 Å². The van der Waals surface area contributed by atoms with Crippen LogP contribution in [0.25, 0.3) is 10.4 Å². The zero-order chi connectivity index (χ0) is 11.1. The highest BCUT2D eigenvalue weighted by atomic mass is 15.1. The van der Waals surface area contributed by atoms with E-state index in [0.717, 1.165) is 5.56 Å². The topological polar surface area (TPSA) is 48.8 Å². The smallest absolute Gasteiger partial charge is 0.0367 e. The molecule has 0 spiro atoms. The number of azide groups is 1. The number of nitrogens with zero attached hydrogens (tertiary/aromatic N) is 3. The van der Waals surface area contributed by atoms with Gasteiger partial charge in [-0.2, -0.15) is 0 Å². The van der Waals surface area contributed by atoms with E-state index in [4.69, 9.17) is 5.53 Å². The highest BCUT2D eigenvalue weighted by Crippen LogP contribution is 2.08. The lowest BCUT2D eigenvalue weighted by atomic mass is 10.1. The van der Waals surface area contributed by atoms with Crippen LogP contribution in [0.1, 0.15) is 23.1 Å². The second-order valence-corrected chi connectivity index (χ2v) is 3.31. The summed E-state index contributed by atoms with van der Waals surface area (Å²) in [6.07, 6.45) is 0.608. The summed E-state index contributed by atoms with van der Waals surface area (Å²) >= 11 is 0. The van der Waals surface area contributed by atoms with Gasteiger partial charge in [0.05, 0.1) is 0 Å². The van der Waals surface area contributed by atoms with Gasteiger partial charge in [0.15, 0.2) is 0 Å². The van der Waals surface area contributed by atoms with Gasteiger partial charge in [-0.1, -0.05) is 23.0 Å². The third-order valence-corrected chi connectivity index (χ3v) is 2.14. The molecule has 1 aromatic rings.